The van der Waals surface area contributed by atoms with Gasteiger partial charge < -0.3 is 15.7 Å². The Morgan fingerprint density at radius 3 is 2.56 bits per heavy atom. The number of halogens is 1. The molecule has 0 saturated heterocycles. The summed E-state index contributed by atoms with van der Waals surface area (Å²) in [7, 11) is 0. The number of amides is 2. The van der Waals surface area contributed by atoms with Gasteiger partial charge in [-0.2, -0.15) is 0 Å². The molecule has 3 N–H and O–H groups in total. The van der Waals surface area contributed by atoms with E-state index in [2.05, 4.69) is 10.6 Å². The second kappa shape index (κ2) is 4.29. The van der Waals surface area contributed by atoms with Gasteiger partial charge in [-0.15, -0.1) is 0 Å². The van der Waals surface area contributed by atoms with Crippen LogP contribution in [0.2, 0.25) is 0 Å². The first-order chi connectivity index (χ1) is 8.39. The van der Waals surface area contributed by atoms with Crippen molar-refractivity contribution in [1.82, 2.24) is 5.32 Å². The van der Waals surface area contributed by atoms with Crippen LogP contribution in [0.1, 0.15) is 30.1 Å². The summed E-state index contributed by atoms with van der Waals surface area (Å²) < 4.78 is 13.5. The van der Waals surface area contributed by atoms with Gasteiger partial charge in [-0.05, 0) is 38.0 Å². The van der Waals surface area contributed by atoms with Crippen molar-refractivity contribution in [3.8, 4) is 0 Å². The molecule has 1 aromatic rings. The zero-order valence-electron chi connectivity index (χ0n) is 9.79. The average Bonchev–Trinajstić information content (AvgIpc) is 2.98. The molecular weight excluding hydrogens is 239 g/mol. The normalized spacial score (nSPS) is 15.9. The van der Waals surface area contributed by atoms with E-state index >= 15 is 0 Å². The van der Waals surface area contributed by atoms with Crippen LogP contribution in [0.15, 0.2) is 18.2 Å². The Labute approximate surface area is 103 Å². The lowest BCUT2D eigenvalue weighted by Gasteiger charge is -2.13. The van der Waals surface area contributed by atoms with E-state index in [1.165, 1.54) is 12.1 Å². The van der Waals surface area contributed by atoms with Crippen LogP contribution in [0, 0.1) is 5.82 Å². The highest BCUT2D eigenvalue weighted by molar-refractivity contribution is 5.92. The average molecular weight is 252 g/mol. The highest BCUT2D eigenvalue weighted by atomic mass is 19.1. The molecule has 6 heteroatoms. The fourth-order valence-electron chi connectivity index (χ4n) is 1.49. The highest BCUT2D eigenvalue weighted by Crippen LogP contribution is 2.34. The van der Waals surface area contributed by atoms with Gasteiger partial charge in [0, 0.05) is 5.54 Å². The molecule has 1 saturated carbocycles. The fraction of sp³-hybridized carbons (Fsp3) is 0.333. The molecule has 0 radical (unpaired) electrons. The van der Waals surface area contributed by atoms with Crippen LogP contribution in [0.4, 0.5) is 14.9 Å². The first-order valence-corrected chi connectivity index (χ1v) is 5.52. The number of aromatic carboxylic acids is 1. The van der Waals surface area contributed by atoms with Crippen LogP contribution < -0.4 is 10.6 Å². The van der Waals surface area contributed by atoms with Crippen LogP contribution >= 0.6 is 0 Å². The van der Waals surface area contributed by atoms with Gasteiger partial charge in [-0.1, -0.05) is 0 Å². The van der Waals surface area contributed by atoms with E-state index in [4.69, 9.17) is 5.11 Å². The monoisotopic (exact) mass is 252 g/mol. The van der Waals surface area contributed by atoms with Crippen molar-refractivity contribution in [3.63, 3.8) is 0 Å². The molecule has 5 nitrogen and oxygen atoms in total. The largest absolute Gasteiger partial charge is 0.478 e. The van der Waals surface area contributed by atoms with E-state index < -0.39 is 17.8 Å². The molecule has 18 heavy (non-hydrogen) atoms. The zero-order chi connectivity index (χ0) is 13.3. The van der Waals surface area contributed by atoms with Gasteiger partial charge in [0.15, 0.2) is 0 Å². The van der Waals surface area contributed by atoms with Gasteiger partial charge in [0.25, 0.3) is 0 Å². The minimum Gasteiger partial charge on any atom is -0.478 e. The first kappa shape index (κ1) is 12.3. The van der Waals surface area contributed by atoms with Gasteiger partial charge >= 0.3 is 12.0 Å². The summed E-state index contributed by atoms with van der Waals surface area (Å²) in [6.07, 6.45) is 1.81. The molecule has 1 fully saturated rings. The summed E-state index contributed by atoms with van der Waals surface area (Å²) in [5.74, 6) is -1.98. The summed E-state index contributed by atoms with van der Waals surface area (Å²) in [6, 6.07) is 2.85. The van der Waals surface area contributed by atoms with Crippen molar-refractivity contribution in [1.29, 1.82) is 0 Å². The molecule has 2 amide bonds. The van der Waals surface area contributed by atoms with E-state index in [1.807, 2.05) is 6.92 Å². The van der Waals surface area contributed by atoms with Crippen LogP contribution in [-0.2, 0) is 0 Å². The minimum atomic E-state index is -1.21. The van der Waals surface area contributed by atoms with Crippen LogP contribution in [0.25, 0.3) is 0 Å². The third kappa shape index (κ3) is 2.77. The van der Waals surface area contributed by atoms with Crippen molar-refractivity contribution in [2.75, 3.05) is 5.32 Å². The van der Waals surface area contributed by atoms with Gasteiger partial charge in [0.2, 0.25) is 0 Å². The molecule has 1 aromatic carbocycles. The number of nitrogens with one attached hydrogen (secondary N) is 2. The van der Waals surface area contributed by atoms with Crippen molar-refractivity contribution in [2.45, 2.75) is 25.3 Å². The van der Waals surface area contributed by atoms with E-state index in [0.717, 1.165) is 18.9 Å². The zero-order valence-corrected chi connectivity index (χ0v) is 9.79. The minimum absolute atomic E-state index is 0.0400. The number of carboxylic acid groups (broad SMARTS) is 1. The highest BCUT2D eigenvalue weighted by Gasteiger charge is 2.38. The quantitative estimate of drug-likeness (QED) is 0.771. The van der Waals surface area contributed by atoms with E-state index in [1.54, 1.807) is 0 Å². The summed E-state index contributed by atoms with van der Waals surface area (Å²) in [4.78, 5) is 22.2. The van der Waals surface area contributed by atoms with Crippen LogP contribution in [0.5, 0.6) is 0 Å². The number of carboxylic acids is 1. The Morgan fingerprint density at radius 2 is 2.06 bits per heavy atom. The van der Waals surface area contributed by atoms with E-state index in [9.17, 15) is 14.0 Å². The number of anilines is 1. The maximum absolute atomic E-state index is 13.5. The fourth-order valence-corrected chi connectivity index (χ4v) is 1.49. The van der Waals surface area contributed by atoms with Crippen molar-refractivity contribution >= 4 is 17.7 Å². The van der Waals surface area contributed by atoms with Gasteiger partial charge in [0.1, 0.15) is 5.82 Å². The molecule has 0 atom stereocenters. The summed E-state index contributed by atoms with van der Waals surface area (Å²) in [5, 5.41) is 13.7. The Kier molecular flexibility index (Phi) is 2.94. The standard InChI is InChI=1S/C12H13FN2O3/c1-12(4-5-12)15-11(18)14-9-3-2-7(10(16)17)6-8(9)13/h2-3,6H,4-5H2,1H3,(H,16,17)(H2,14,15,18). The van der Waals surface area contributed by atoms with Crippen molar-refractivity contribution in [3.05, 3.63) is 29.6 Å². The Balaban J connectivity index is 2.05. The maximum atomic E-state index is 13.5. The molecule has 0 aliphatic heterocycles. The van der Waals surface area contributed by atoms with Crippen molar-refractivity contribution in [2.24, 2.45) is 0 Å². The molecule has 1 aliphatic carbocycles. The van der Waals surface area contributed by atoms with Crippen molar-refractivity contribution < 1.29 is 19.1 Å². The number of hydrogen-bond donors (Lipinski definition) is 3. The lowest BCUT2D eigenvalue weighted by molar-refractivity contribution is 0.0696. The predicted molar refractivity (Wildman–Crippen MR) is 63.2 cm³/mol. The smallest absolute Gasteiger partial charge is 0.335 e. The van der Waals surface area contributed by atoms with E-state index in [0.29, 0.717) is 0 Å². The van der Waals surface area contributed by atoms with Crippen LogP contribution in [-0.4, -0.2) is 22.6 Å². The lowest BCUT2D eigenvalue weighted by Crippen LogP contribution is -2.37. The van der Waals surface area contributed by atoms with Gasteiger partial charge in [0.05, 0.1) is 11.3 Å². The first-order valence-electron chi connectivity index (χ1n) is 5.52. The number of carbonyl (C=O) groups is 2. The summed E-state index contributed by atoms with van der Waals surface area (Å²) in [5.41, 5.74) is -0.393. The summed E-state index contributed by atoms with van der Waals surface area (Å²) in [6.45, 7) is 1.90. The van der Waals surface area contributed by atoms with Gasteiger partial charge in [-0.25, -0.2) is 14.0 Å². The topological polar surface area (TPSA) is 78.4 Å². The molecule has 0 spiro atoms. The Morgan fingerprint density at radius 1 is 1.39 bits per heavy atom. The molecular formula is C12H13FN2O3. The van der Waals surface area contributed by atoms with Gasteiger partial charge in [-0.3, -0.25) is 0 Å². The molecule has 1 aliphatic rings. The Bertz CT molecular complexity index is 512. The number of urea groups is 1. The van der Waals surface area contributed by atoms with E-state index in [-0.39, 0.29) is 16.8 Å². The molecule has 0 bridgehead atoms. The Hall–Kier alpha value is -2.11. The SMILES string of the molecule is CC1(NC(=O)Nc2ccc(C(=O)O)cc2F)CC1. The lowest BCUT2D eigenvalue weighted by atomic mass is 10.2. The molecule has 0 aromatic heterocycles. The molecule has 0 heterocycles. The predicted octanol–water partition coefficient (Wildman–Crippen LogP) is 2.20. The number of benzene rings is 1. The number of rotatable bonds is 3. The number of carbonyl (C=O) groups excluding carboxylic acids is 1. The molecule has 0 unspecified atom stereocenters. The second-order valence-corrected chi connectivity index (χ2v) is 4.64. The van der Waals surface area contributed by atoms with Crippen LogP contribution in [0.3, 0.4) is 0 Å². The molecule has 96 valence electrons. The second-order valence-electron chi connectivity index (χ2n) is 4.64. The number of hydrogen-bond acceptors (Lipinski definition) is 2. The summed E-state index contributed by atoms with van der Waals surface area (Å²) >= 11 is 0. The third-order valence-electron chi connectivity index (χ3n) is 2.88. The molecule has 2 rings (SSSR count). The maximum Gasteiger partial charge on any atom is 0.335 e. The third-order valence-corrected chi connectivity index (χ3v) is 2.88.